The summed E-state index contributed by atoms with van der Waals surface area (Å²) in [5.41, 5.74) is 2.97. The minimum atomic E-state index is -0.583. The van der Waals surface area contributed by atoms with Gasteiger partial charge < -0.3 is 19.7 Å². The molecule has 0 saturated carbocycles. The number of nitrogens with zero attached hydrogens (tertiary/aromatic N) is 1. The summed E-state index contributed by atoms with van der Waals surface area (Å²) >= 11 is 0. The predicted octanol–water partition coefficient (Wildman–Crippen LogP) is 3.24. The molecule has 1 fully saturated rings. The maximum atomic E-state index is 12.5. The van der Waals surface area contributed by atoms with Gasteiger partial charge in [-0.25, -0.2) is 0 Å². The van der Waals surface area contributed by atoms with E-state index in [4.69, 9.17) is 9.47 Å². The molecule has 1 amide bonds. The zero-order valence-corrected chi connectivity index (χ0v) is 14.7. The van der Waals surface area contributed by atoms with Crippen LogP contribution in [0.4, 0.5) is 11.4 Å². The van der Waals surface area contributed by atoms with Crippen LogP contribution < -0.4 is 15.0 Å². The highest BCUT2D eigenvalue weighted by atomic mass is 16.5. The molecule has 1 N–H and O–H groups in total. The third-order valence-electron chi connectivity index (χ3n) is 4.22. The third kappa shape index (κ3) is 4.51. The molecule has 1 heterocycles. The lowest BCUT2D eigenvalue weighted by Gasteiger charge is -2.30. The molecule has 2 aromatic carbocycles. The average molecular weight is 340 g/mol. The number of carbonyl (C=O) groups excluding carboxylic acids is 1. The Morgan fingerprint density at radius 2 is 1.80 bits per heavy atom. The zero-order valence-electron chi connectivity index (χ0n) is 14.7. The number of para-hydroxylation sites is 2. The number of rotatable bonds is 5. The summed E-state index contributed by atoms with van der Waals surface area (Å²) in [5, 5.41) is 2.99. The van der Waals surface area contributed by atoms with Crippen molar-refractivity contribution in [3.8, 4) is 5.75 Å². The van der Waals surface area contributed by atoms with Crippen molar-refractivity contribution >= 4 is 17.3 Å². The molecule has 1 saturated heterocycles. The molecular formula is C20H24N2O3. The number of carbonyl (C=O) groups is 1. The fraction of sp³-hybridized carbons (Fsp3) is 0.350. The molecule has 3 rings (SSSR count). The first-order valence-corrected chi connectivity index (χ1v) is 8.59. The first-order chi connectivity index (χ1) is 12.1. The highest BCUT2D eigenvalue weighted by Gasteiger charge is 2.19. The third-order valence-corrected chi connectivity index (χ3v) is 4.22. The monoisotopic (exact) mass is 340 g/mol. The van der Waals surface area contributed by atoms with Gasteiger partial charge in [0.05, 0.1) is 24.6 Å². The number of amides is 1. The quantitative estimate of drug-likeness (QED) is 0.908. The molecule has 0 unspecified atom stereocenters. The lowest BCUT2D eigenvalue weighted by molar-refractivity contribution is -0.122. The van der Waals surface area contributed by atoms with Crippen molar-refractivity contribution in [2.75, 3.05) is 36.5 Å². The Hall–Kier alpha value is -2.53. The molecular weight excluding hydrogens is 316 g/mol. The molecule has 0 radical (unpaired) electrons. The first kappa shape index (κ1) is 17.3. The Morgan fingerprint density at radius 1 is 1.12 bits per heavy atom. The summed E-state index contributed by atoms with van der Waals surface area (Å²) in [6.07, 6.45) is -0.583. The van der Waals surface area contributed by atoms with Crippen molar-refractivity contribution in [3.05, 3.63) is 54.1 Å². The Bertz CT molecular complexity index is 709. The lowest BCUT2D eigenvalue weighted by atomic mass is 10.2. The van der Waals surface area contributed by atoms with Gasteiger partial charge in [0.25, 0.3) is 5.91 Å². The summed E-state index contributed by atoms with van der Waals surface area (Å²) in [5.74, 6) is 0.524. The van der Waals surface area contributed by atoms with Crippen LogP contribution in [0.15, 0.2) is 48.5 Å². The van der Waals surface area contributed by atoms with E-state index in [1.807, 2.05) is 55.5 Å². The molecule has 25 heavy (non-hydrogen) atoms. The van der Waals surface area contributed by atoms with Gasteiger partial charge >= 0.3 is 0 Å². The SMILES string of the molecule is Cc1ccc(O[C@H](C)C(=O)Nc2ccccc2N2CCOCC2)cc1. The zero-order chi connectivity index (χ0) is 17.6. The molecule has 0 spiro atoms. The molecule has 1 aliphatic rings. The second-order valence-electron chi connectivity index (χ2n) is 6.18. The van der Waals surface area contributed by atoms with Crippen molar-refractivity contribution in [2.45, 2.75) is 20.0 Å². The van der Waals surface area contributed by atoms with Crippen LogP contribution in [0.3, 0.4) is 0 Å². The van der Waals surface area contributed by atoms with Crippen LogP contribution in [-0.2, 0) is 9.53 Å². The van der Waals surface area contributed by atoms with E-state index in [9.17, 15) is 4.79 Å². The first-order valence-electron chi connectivity index (χ1n) is 8.59. The number of morpholine rings is 1. The normalized spacial score (nSPS) is 15.5. The van der Waals surface area contributed by atoms with Crippen LogP contribution in [0, 0.1) is 6.92 Å². The fourth-order valence-corrected chi connectivity index (χ4v) is 2.77. The number of anilines is 2. The Kier molecular flexibility index (Phi) is 5.56. The molecule has 132 valence electrons. The van der Waals surface area contributed by atoms with E-state index in [0.29, 0.717) is 19.0 Å². The van der Waals surface area contributed by atoms with E-state index in [1.165, 1.54) is 0 Å². The maximum Gasteiger partial charge on any atom is 0.265 e. The summed E-state index contributed by atoms with van der Waals surface area (Å²) in [4.78, 5) is 14.8. The molecule has 0 aliphatic carbocycles. The molecule has 0 bridgehead atoms. The topological polar surface area (TPSA) is 50.8 Å². The van der Waals surface area contributed by atoms with E-state index >= 15 is 0 Å². The number of nitrogens with one attached hydrogen (secondary N) is 1. The van der Waals surface area contributed by atoms with E-state index < -0.39 is 6.10 Å². The van der Waals surface area contributed by atoms with Gasteiger partial charge in [-0.1, -0.05) is 29.8 Å². The predicted molar refractivity (Wildman–Crippen MR) is 99.4 cm³/mol. The van der Waals surface area contributed by atoms with Crippen molar-refractivity contribution in [3.63, 3.8) is 0 Å². The van der Waals surface area contributed by atoms with Gasteiger partial charge in [-0.2, -0.15) is 0 Å². The Balaban J connectivity index is 1.66. The molecule has 2 aromatic rings. The Labute approximate surface area is 148 Å². The van der Waals surface area contributed by atoms with Gasteiger partial charge in [0, 0.05) is 13.1 Å². The van der Waals surface area contributed by atoms with Crippen molar-refractivity contribution < 1.29 is 14.3 Å². The standard InChI is InChI=1S/C20H24N2O3/c1-15-7-9-17(10-8-15)25-16(2)20(23)21-18-5-3-4-6-19(18)22-11-13-24-14-12-22/h3-10,16H,11-14H2,1-2H3,(H,21,23)/t16-/m1/s1. The summed E-state index contributed by atoms with van der Waals surface area (Å²) in [6.45, 7) is 6.82. The number of aryl methyl sites for hydroxylation is 1. The van der Waals surface area contributed by atoms with Gasteiger partial charge in [0.1, 0.15) is 5.75 Å². The summed E-state index contributed by atoms with van der Waals surface area (Å²) in [6, 6.07) is 15.5. The maximum absolute atomic E-state index is 12.5. The van der Waals surface area contributed by atoms with Gasteiger partial charge in [-0.15, -0.1) is 0 Å². The van der Waals surface area contributed by atoms with Gasteiger partial charge in [-0.3, -0.25) is 4.79 Å². The van der Waals surface area contributed by atoms with Crippen LogP contribution in [-0.4, -0.2) is 38.3 Å². The smallest absolute Gasteiger partial charge is 0.265 e. The van der Waals surface area contributed by atoms with Gasteiger partial charge in [-0.05, 0) is 38.1 Å². The van der Waals surface area contributed by atoms with E-state index in [-0.39, 0.29) is 5.91 Å². The minimum absolute atomic E-state index is 0.165. The van der Waals surface area contributed by atoms with Gasteiger partial charge in [0.2, 0.25) is 0 Å². The highest BCUT2D eigenvalue weighted by Crippen LogP contribution is 2.26. The molecule has 0 aromatic heterocycles. The molecule has 5 heteroatoms. The molecule has 5 nitrogen and oxygen atoms in total. The van der Waals surface area contributed by atoms with E-state index in [0.717, 1.165) is 30.0 Å². The lowest BCUT2D eigenvalue weighted by Crippen LogP contribution is -2.37. The molecule has 1 aliphatic heterocycles. The average Bonchev–Trinajstić information content (AvgIpc) is 2.64. The van der Waals surface area contributed by atoms with Crippen molar-refractivity contribution in [1.29, 1.82) is 0 Å². The highest BCUT2D eigenvalue weighted by molar-refractivity contribution is 5.97. The fourth-order valence-electron chi connectivity index (χ4n) is 2.77. The second-order valence-corrected chi connectivity index (χ2v) is 6.18. The van der Waals surface area contributed by atoms with Crippen LogP contribution >= 0.6 is 0 Å². The largest absolute Gasteiger partial charge is 0.481 e. The van der Waals surface area contributed by atoms with Crippen LogP contribution in [0.1, 0.15) is 12.5 Å². The van der Waals surface area contributed by atoms with Crippen LogP contribution in [0.2, 0.25) is 0 Å². The summed E-state index contributed by atoms with van der Waals surface area (Å²) in [7, 11) is 0. The number of benzene rings is 2. The van der Waals surface area contributed by atoms with Crippen molar-refractivity contribution in [2.24, 2.45) is 0 Å². The minimum Gasteiger partial charge on any atom is -0.481 e. The number of ether oxygens (including phenoxy) is 2. The van der Waals surface area contributed by atoms with E-state index in [1.54, 1.807) is 6.92 Å². The Morgan fingerprint density at radius 3 is 2.52 bits per heavy atom. The number of hydrogen-bond acceptors (Lipinski definition) is 4. The number of hydrogen-bond donors (Lipinski definition) is 1. The van der Waals surface area contributed by atoms with Crippen LogP contribution in [0.5, 0.6) is 5.75 Å². The van der Waals surface area contributed by atoms with E-state index in [2.05, 4.69) is 10.2 Å². The molecule has 1 atom stereocenters. The van der Waals surface area contributed by atoms with Gasteiger partial charge in [0.15, 0.2) is 6.10 Å². The van der Waals surface area contributed by atoms with Crippen LogP contribution in [0.25, 0.3) is 0 Å². The van der Waals surface area contributed by atoms with Crippen molar-refractivity contribution in [1.82, 2.24) is 0 Å². The summed E-state index contributed by atoms with van der Waals surface area (Å²) < 4.78 is 11.1. The second kappa shape index (κ2) is 8.03.